The Bertz CT molecular complexity index is 1610. The van der Waals surface area contributed by atoms with Crippen molar-refractivity contribution in [3.8, 4) is 5.75 Å². The zero-order valence-electron chi connectivity index (χ0n) is 18.6. The molecule has 6 rings (SSSR count). The molecule has 6 heterocycles. The molecule has 34 heavy (non-hydrogen) atoms. The van der Waals surface area contributed by atoms with Crippen molar-refractivity contribution in [2.45, 2.75) is 25.0 Å². The van der Waals surface area contributed by atoms with Crippen LogP contribution in [0.15, 0.2) is 99.2 Å². The van der Waals surface area contributed by atoms with Gasteiger partial charge in [-0.2, -0.15) is 0 Å². The molecule has 2 aromatic heterocycles. The third kappa shape index (κ3) is 3.47. The summed E-state index contributed by atoms with van der Waals surface area (Å²) in [6.07, 6.45) is 22.3. The molecule has 0 spiro atoms. The van der Waals surface area contributed by atoms with Gasteiger partial charge in [0.1, 0.15) is 5.66 Å². The molecule has 0 fully saturated rings. The second-order valence-corrected chi connectivity index (χ2v) is 8.61. The molecule has 2 aromatic rings. The van der Waals surface area contributed by atoms with Gasteiger partial charge in [-0.25, -0.2) is 9.98 Å². The second-order valence-electron chi connectivity index (χ2n) is 8.61. The molecule has 3 N–H and O–H groups in total. The SMILES string of the molecule is CCc1c(O)c(=O)ccn1C12C=CC(C=C3C=CC(=N3)C=c3ccc([nH]3)=CC3=NC(=C1)C=C3)N2. The lowest BCUT2D eigenvalue weighted by Crippen LogP contribution is -2.46. The summed E-state index contributed by atoms with van der Waals surface area (Å²) in [5.41, 5.74) is 2.69. The van der Waals surface area contributed by atoms with Crippen LogP contribution in [0.2, 0.25) is 0 Å². The monoisotopic (exact) mass is 449 g/mol. The Balaban J connectivity index is 1.56. The van der Waals surface area contributed by atoms with Crippen molar-refractivity contribution in [2.24, 2.45) is 9.98 Å². The minimum absolute atomic E-state index is 0.115. The Labute approximate surface area is 195 Å². The van der Waals surface area contributed by atoms with Gasteiger partial charge in [0.25, 0.3) is 0 Å². The highest BCUT2D eigenvalue weighted by Crippen LogP contribution is 2.31. The van der Waals surface area contributed by atoms with Crippen LogP contribution >= 0.6 is 0 Å². The van der Waals surface area contributed by atoms with E-state index in [0.717, 1.165) is 33.5 Å². The van der Waals surface area contributed by atoms with Gasteiger partial charge in [0, 0.05) is 29.0 Å². The number of aromatic nitrogens is 2. The van der Waals surface area contributed by atoms with Crippen LogP contribution in [0.25, 0.3) is 12.2 Å². The predicted molar refractivity (Wildman–Crippen MR) is 134 cm³/mol. The van der Waals surface area contributed by atoms with Gasteiger partial charge in [-0.1, -0.05) is 13.0 Å². The van der Waals surface area contributed by atoms with Crippen LogP contribution in [-0.4, -0.2) is 32.1 Å². The smallest absolute Gasteiger partial charge is 0.223 e. The van der Waals surface area contributed by atoms with Crippen LogP contribution in [0, 0.1) is 0 Å². The number of hydrogen-bond donors (Lipinski definition) is 3. The van der Waals surface area contributed by atoms with Crippen molar-refractivity contribution in [3.63, 3.8) is 0 Å². The van der Waals surface area contributed by atoms with Gasteiger partial charge in [0.2, 0.25) is 5.43 Å². The van der Waals surface area contributed by atoms with E-state index in [2.05, 4.69) is 22.5 Å². The Morgan fingerprint density at radius 1 is 1.03 bits per heavy atom. The normalized spacial score (nSPS) is 24.3. The average molecular weight is 450 g/mol. The lowest BCUT2D eigenvalue weighted by molar-refractivity contribution is 0.356. The molecular formula is C27H23N5O2. The largest absolute Gasteiger partial charge is 0.503 e. The van der Waals surface area contributed by atoms with Crippen LogP contribution in [0.3, 0.4) is 0 Å². The van der Waals surface area contributed by atoms with Crippen LogP contribution < -0.4 is 21.4 Å². The number of allylic oxidation sites excluding steroid dienone is 4. The molecular weight excluding hydrogens is 426 g/mol. The maximum Gasteiger partial charge on any atom is 0.223 e. The Morgan fingerprint density at radius 2 is 1.74 bits per heavy atom. The number of rotatable bonds is 2. The molecule has 2 unspecified atom stereocenters. The zero-order chi connectivity index (χ0) is 23.3. The number of H-pyrrole nitrogens is 1. The minimum atomic E-state index is -0.825. The van der Waals surface area contributed by atoms with Gasteiger partial charge in [-0.15, -0.1) is 0 Å². The molecule has 0 saturated heterocycles. The summed E-state index contributed by atoms with van der Waals surface area (Å²) in [5.74, 6) is -0.229. The molecule has 4 aliphatic rings. The van der Waals surface area contributed by atoms with E-state index < -0.39 is 5.66 Å². The van der Waals surface area contributed by atoms with Crippen LogP contribution in [0.5, 0.6) is 5.75 Å². The van der Waals surface area contributed by atoms with E-state index in [1.807, 2.05) is 72.2 Å². The molecule has 0 aromatic carbocycles. The Morgan fingerprint density at radius 3 is 2.47 bits per heavy atom. The van der Waals surface area contributed by atoms with Crippen molar-refractivity contribution in [1.82, 2.24) is 14.9 Å². The molecule has 168 valence electrons. The first kappa shape index (κ1) is 20.4. The number of nitrogens with one attached hydrogen (secondary N) is 2. The highest BCUT2D eigenvalue weighted by atomic mass is 16.3. The van der Waals surface area contributed by atoms with E-state index in [-0.39, 0.29) is 17.2 Å². The summed E-state index contributed by atoms with van der Waals surface area (Å²) < 4.78 is 1.91. The zero-order valence-corrected chi connectivity index (χ0v) is 18.6. The van der Waals surface area contributed by atoms with Gasteiger partial charge in [0.15, 0.2) is 5.75 Å². The summed E-state index contributed by atoms with van der Waals surface area (Å²) in [5, 5.41) is 16.1. The van der Waals surface area contributed by atoms with Gasteiger partial charge >= 0.3 is 0 Å². The predicted octanol–water partition coefficient (Wildman–Crippen LogP) is 1.69. The van der Waals surface area contributed by atoms with E-state index in [0.29, 0.717) is 12.1 Å². The molecule has 0 aliphatic carbocycles. The lowest BCUT2D eigenvalue weighted by atomic mass is 10.1. The molecule has 0 amide bonds. The van der Waals surface area contributed by atoms with Crippen LogP contribution in [0.4, 0.5) is 0 Å². The van der Waals surface area contributed by atoms with E-state index in [1.165, 1.54) is 6.07 Å². The maximum atomic E-state index is 12.1. The highest BCUT2D eigenvalue weighted by Gasteiger charge is 2.35. The third-order valence-corrected chi connectivity index (χ3v) is 6.28. The first-order valence-electron chi connectivity index (χ1n) is 11.3. The summed E-state index contributed by atoms with van der Waals surface area (Å²) in [7, 11) is 0. The van der Waals surface area contributed by atoms with Gasteiger partial charge in [0.05, 0.1) is 28.5 Å². The van der Waals surface area contributed by atoms with E-state index in [1.54, 1.807) is 6.20 Å². The molecule has 0 saturated carbocycles. The van der Waals surface area contributed by atoms with Gasteiger partial charge in [-0.05, 0) is 73.2 Å². The number of nitrogens with zero attached hydrogens (tertiary/aromatic N) is 3. The van der Waals surface area contributed by atoms with E-state index >= 15 is 0 Å². The third-order valence-electron chi connectivity index (χ3n) is 6.28. The number of aromatic hydroxyl groups is 1. The van der Waals surface area contributed by atoms with E-state index in [4.69, 9.17) is 9.98 Å². The van der Waals surface area contributed by atoms with Gasteiger partial charge in [-0.3, -0.25) is 10.1 Å². The summed E-state index contributed by atoms with van der Waals surface area (Å²) in [4.78, 5) is 25.1. The lowest BCUT2D eigenvalue weighted by Gasteiger charge is -2.32. The van der Waals surface area contributed by atoms with Crippen LogP contribution in [0.1, 0.15) is 12.6 Å². The second kappa shape index (κ2) is 7.67. The number of fused-ring (bicyclic) bond motifs is 6. The molecule has 7 nitrogen and oxygen atoms in total. The van der Waals surface area contributed by atoms with Gasteiger partial charge < -0.3 is 14.7 Å². The number of pyridine rings is 1. The minimum Gasteiger partial charge on any atom is -0.503 e. The standard InChI is InChI=1S/C27H23N5O2/c1-2-24-26(34)25(33)10-12-32(24)27-11-9-22(31-27)15-21-6-5-18(29-21)13-17-3-4-19(28-17)14-20-7-8-23(16-27)30-20/h3-16,22,28,31,34H,2H2,1H3. The fraction of sp³-hybridized carbons (Fsp3) is 0.148. The summed E-state index contributed by atoms with van der Waals surface area (Å²) >= 11 is 0. The quantitative estimate of drug-likeness (QED) is 0.609. The molecule has 4 aliphatic heterocycles. The van der Waals surface area contributed by atoms with Crippen molar-refractivity contribution in [1.29, 1.82) is 0 Å². The van der Waals surface area contributed by atoms with Crippen molar-refractivity contribution < 1.29 is 5.11 Å². The fourth-order valence-electron chi connectivity index (χ4n) is 4.72. The fourth-order valence-corrected chi connectivity index (χ4v) is 4.72. The van der Waals surface area contributed by atoms with Crippen molar-refractivity contribution >= 4 is 23.6 Å². The molecule has 0 radical (unpaired) electrons. The summed E-state index contributed by atoms with van der Waals surface area (Å²) in [6.45, 7) is 1.92. The number of aliphatic imine (C=N–C) groups is 2. The average Bonchev–Trinajstić information content (AvgIpc) is 3.61. The van der Waals surface area contributed by atoms with Crippen molar-refractivity contribution in [3.05, 3.63) is 111 Å². The summed E-state index contributed by atoms with van der Waals surface area (Å²) in [6, 6.07) is 5.32. The Kier molecular flexibility index (Phi) is 4.60. The van der Waals surface area contributed by atoms with Crippen LogP contribution in [-0.2, 0) is 12.1 Å². The topological polar surface area (TPSA) is 94.8 Å². The van der Waals surface area contributed by atoms with E-state index in [9.17, 15) is 9.90 Å². The molecule has 7 heteroatoms. The first-order chi connectivity index (χ1) is 16.5. The highest BCUT2D eigenvalue weighted by molar-refractivity contribution is 6.20. The number of aromatic amines is 1. The molecule has 2 atom stereocenters. The number of hydrogen-bond acceptors (Lipinski definition) is 5. The Hall–Kier alpha value is -4.23. The van der Waals surface area contributed by atoms with Crippen molar-refractivity contribution in [2.75, 3.05) is 0 Å². The first-order valence-corrected chi connectivity index (χ1v) is 11.3. The molecule has 8 bridgehead atoms. The maximum absolute atomic E-state index is 12.1.